The van der Waals surface area contributed by atoms with Crippen molar-refractivity contribution in [2.45, 2.75) is 12.0 Å². The van der Waals surface area contributed by atoms with Crippen molar-refractivity contribution in [2.75, 3.05) is 4.90 Å². The van der Waals surface area contributed by atoms with Crippen LogP contribution in [0.4, 0.5) is 11.4 Å². The van der Waals surface area contributed by atoms with Gasteiger partial charge in [0.1, 0.15) is 0 Å². The molecular formula is C53H41N5. The Morgan fingerprint density at radius 1 is 0.603 bits per heavy atom. The van der Waals surface area contributed by atoms with Crippen LogP contribution < -0.4 is 4.90 Å². The summed E-state index contributed by atoms with van der Waals surface area (Å²) >= 11 is 0. The smallest absolute Gasteiger partial charge is 0.237 e. The van der Waals surface area contributed by atoms with Gasteiger partial charge >= 0.3 is 0 Å². The molecule has 2 unspecified atom stereocenters. The molecule has 0 amide bonds. The molecule has 3 aromatic heterocycles. The summed E-state index contributed by atoms with van der Waals surface area (Å²) in [7, 11) is 0. The molecule has 5 heteroatoms. The molecule has 5 aromatic carbocycles. The van der Waals surface area contributed by atoms with E-state index in [2.05, 4.69) is 179 Å². The van der Waals surface area contributed by atoms with Crippen LogP contribution in [0, 0.1) is 0 Å². The molecule has 9 rings (SSSR count). The van der Waals surface area contributed by atoms with Gasteiger partial charge in [-0.15, -0.1) is 0 Å². The molecule has 1 aliphatic rings. The Labute approximate surface area is 339 Å². The molecule has 8 aromatic rings. The Bertz CT molecular complexity index is 2950. The van der Waals surface area contributed by atoms with Crippen LogP contribution in [0.2, 0.25) is 0 Å². The molecule has 0 aliphatic carbocycles. The molecule has 0 radical (unpaired) electrons. The molecule has 5 nitrogen and oxygen atoms in total. The fourth-order valence-electron chi connectivity index (χ4n) is 8.06. The quantitative estimate of drug-likeness (QED) is 0.124. The molecule has 0 saturated heterocycles. The lowest BCUT2D eigenvalue weighted by Crippen LogP contribution is -2.27. The van der Waals surface area contributed by atoms with Gasteiger partial charge < -0.3 is 4.90 Å². The highest BCUT2D eigenvalue weighted by molar-refractivity contribution is 6.10. The van der Waals surface area contributed by atoms with E-state index in [4.69, 9.17) is 9.97 Å². The van der Waals surface area contributed by atoms with E-state index in [0.29, 0.717) is 11.6 Å². The van der Waals surface area contributed by atoms with Crippen molar-refractivity contribution in [1.29, 1.82) is 0 Å². The highest BCUT2D eigenvalue weighted by Gasteiger charge is 2.36. The van der Waals surface area contributed by atoms with Crippen LogP contribution in [0.1, 0.15) is 17.0 Å². The predicted octanol–water partition coefficient (Wildman–Crippen LogP) is 13.1. The third kappa shape index (κ3) is 6.80. The third-order valence-electron chi connectivity index (χ3n) is 10.7. The van der Waals surface area contributed by atoms with E-state index in [1.807, 2.05) is 48.6 Å². The van der Waals surface area contributed by atoms with Gasteiger partial charge in [0.25, 0.3) is 0 Å². The molecule has 58 heavy (non-hydrogen) atoms. The van der Waals surface area contributed by atoms with Gasteiger partial charge in [0.15, 0.2) is 5.65 Å². The SMILES string of the molecule is C=C/C=C\C=C\C1C(/C=C/C=C/C=C(\C=C)c2ccc3c(c2)c2ccccc2n3-c2nc(-c3ccccc3)c3cccnc3n2)c2ccccc2N1c1ccccc1. The lowest BCUT2D eigenvalue weighted by atomic mass is 9.94. The minimum atomic E-state index is 0.105. The van der Waals surface area contributed by atoms with Gasteiger partial charge in [-0.05, 0) is 65.2 Å². The maximum Gasteiger partial charge on any atom is 0.237 e. The van der Waals surface area contributed by atoms with Gasteiger partial charge in [-0.1, -0.05) is 171 Å². The van der Waals surface area contributed by atoms with Crippen LogP contribution in [-0.2, 0) is 0 Å². The second-order valence-corrected chi connectivity index (χ2v) is 14.1. The molecule has 1 aliphatic heterocycles. The number of rotatable bonds is 11. The Balaban J connectivity index is 1.05. The summed E-state index contributed by atoms with van der Waals surface area (Å²) in [5.74, 6) is 0.740. The number of fused-ring (bicyclic) bond motifs is 5. The normalized spacial score (nSPS) is 15.9. The van der Waals surface area contributed by atoms with Crippen LogP contribution in [0.25, 0.3) is 55.6 Å². The number of para-hydroxylation sites is 3. The summed E-state index contributed by atoms with van der Waals surface area (Å²) in [6.45, 7) is 8.02. The lowest BCUT2D eigenvalue weighted by molar-refractivity contribution is 0.752. The van der Waals surface area contributed by atoms with E-state index in [9.17, 15) is 0 Å². The first-order valence-electron chi connectivity index (χ1n) is 19.5. The predicted molar refractivity (Wildman–Crippen MR) is 244 cm³/mol. The van der Waals surface area contributed by atoms with E-state index in [1.165, 1.54) is 16.9 Å². The fraction of sp³-hybridized carbons (Fsp3) is 0.0377. The highest BCUT2D eigenvalue weighted by Crippen LogP contribution is 2.46. The second-order valence-electron chi connectivity index (χ2n) is 14.1. The number of allylic oxidation sites excluding steroid dienone is 10. The van der Waals surface area contributed by atoms with Gasteiger partial charge in [0.05, 0.1) is 22.8 Å². The Hall–Kier alpha value is -7.63. The summed E-state index contributed by atoms with van der Waals surface area (Å²) in [6.07, 6.45) is 24.7. The summed E-state index contributed by atoms with van der Waals surface area (Å²) in [5, 5.41) is 3.15. The molecule has 0 fully saturated rings. The van der Waals surface area contributed by atoms with Crippen molar-refractivity contribution in [3.05, 3.63) is 237 Å². The van der Waals surface area contributed by atoms with Crippen molar-refractivity contribution in [1.82, 2.24) is 19.5 Å². The maximum atomic E-state index is 5.19. The number of anilines is 2. The number of hydrogen-bond donors (Lipinski definition) is 0. The van der Waals surface area contributed by atoms with Gasteiger partial charge in [-0.3, -0.25) is 4.57 Å². The van der Waals surface area contributed by atoms with Crippen LogP contribution in [-0.4, -0.2) is 25.6 Å². The molecule has 0 saturated carbocycles. The minimum Gasteiger partial charge on any atom is -0.333 e. The number of nitrogens with zero attached hydrogens (tertiary/aromatic N) is 5. The molecule has 0 spiro atoms. The Kier molecular flexibility index (Phi) is 10.1. The van der Waals surface area contributed by atoms with E-state index in [1.54, 1.807) is 12.3 Å². The van der Waals surface area contributed by atoms with Gasteiger partial charge in [0.2, 0.25) is 5.95 Å². The zero-order valence-corrected chi connectivity index (χ0v) is 32.0. The largest absolute Gasteiger partial charge is 0.333 e. The number of aromatic nitrogens is 4. The molecule has 278 valence electrons. The van der Waals surface area contributed by atoms with Crippen molar-refractivity contribution in [2.24, 2.45) is 0 Å². The number of hydrogen-bond acceptors (Lipinski definition) is 4. The number of benzene rings is 5. The van der Waals surface area contributed by atoms with Gasteiger partial charge in [-0.25, -0.2) is 9.97 Å². The third-order valence-corrected chi connectivity index (χ3v) is 10.7. The average Bonchev–Trinajstić information content (AvgIpc) is 3.78. The first-order chi connectivity index (χ1) is 28.7. The van der Waals surface area contributed by atoms with Gasteiger partial charge in [0, 0.05) is 45.2 Å². The van der Waals surface area contributed by atoms with Gasteiger partial charge in [-0.2, -0.15) is 4.98 Å². The summed E-state index contributed by atoms with van der Waals surface area (Å²) in [4.78, 5) is 17.3. The zero-order valence-electron chi connectivity index (χ0n) is 32.0. The molecule has 4 heterocycles. The monoisotopic (exact) mass is 747 g/mol. The highest BCUT2D eigenvalue weighted by atomic mass is 15.2. The Morgan fingerprint density at radius 2 is 1.33 bits per heavy atom. The molecule has 2 atom stereocenters. The summed E-state index contributed by atoms with van der Waals surface area (Å²) < 4.78 is 2.15. The molecule has 0 bridgehead atoms. The van der Waals surface area contributed by atoms with Crippen molar-refractivity contribution >= 4 is 49.8 Å². The molecule has 0 N–H and O–H groups in total. The fourth-order valence-corrected chi connectivity index (χ4v) is 8.06. The first-order valence-corrected chi connectivity index (χ1v) is 19.5. The first kappa shape index (κ1) is 36.0. The second kappa shape index (κ2) is 16.2. The topological polar surface area (TPSA) is 46.8 Å². The molecular weight excluding hydrogens is 707 g/mol. The van der Waals surface area contributed by atoms with Crippen molar-refractivity contribution < 1.29 is 0 Å². The van der Waals surface area contributed by atoms with Crippen LogP contribution in [0.3, 0.4) is 0 Å². The van der Waals surface area contributed by atoms with Crippen molar-refractivity contribution in [3.63, 3.8) is 0 Å². The summed E-state index contributed by atoms with van der Waals surface area (Å²) in [5.41, 5.74) is 10.4. The Morgan fingerprint density at radius 3 is 2.17 bits per heavy atom. The number of pyridine rings is 1. The van der Waals surface area contributed by atoms with Crippen molar-refractivity contribution in [3.8, 4) is 17.2 Å². The maximum absolute atomic E-state index is 5.19. The van der Waals surface area contributed by atoms with Crippen LogP contribution in [0.5, 0.6) is 0 Å². The standard InChI is InChI=1S/C53H41N5/c1-3-5-6-16-31-47-42(43-28-17-19-32-48(43)57(47)41-25-13-9-14-26-41)27-15-8-10-22-38(4-2)40-34-35-50-46(37-40)44-29-18-20-33-49(44)58(50)53-55-51(39-23-11-7-12-24-39)45-30-21-36-54-52(45)56-53/h3-37,42,47H,1-2H2/b6-5-,10-8+,27-15+,31-16+,38-22+. The zero-order chi connectivity index (χ0) is 39.3. The van der Waals surface area contributed by atoms with E-state index >= 15 is 0 Å². The lowest BCUT2D eigenvalue weighted by Gasteiger charge is -2.27. The van der Waals surface area contributed by atoms with E-state index in [0.717, 1.165) is 49.6 Å². The van der Waals surface area contributed by atoms with E-state index in [-0.39, 0.29) is 12.0 Å². The van der Waals surface area contributed by atoms with Crippen LogP contribution >= 0.6 is 0 Å². The van der Waals surface area contributed by atoms with Crippen LogP contribution in [0.15, 0.2) is 226 Å². The average molecular weight is 748 g/mol. The van der Waals surface area contributed by atoms with E-state index < -0.39 is 0 Å². The summed E-state index contributed by atoms with van der Waals surface area (Å²) in [6, 6.07) is 48.6. The minimum absolute atomic E-state index is 0.105.